The van der Waals surface area contributed by atoms with E-state index in [1.165, 1.54) is 17.0 Å². The van der Waals surface area contributed by atoms with E-state index in [-0.39, 0.29) is 17.3 Å². The van der Waals surface area contributed by atoms with Crippen LogP contribution in [0, 0.1) is 0 Å². The highest BCUT2D eigenvalue weighted by Gasteiger charge is 2.20. The number of benzene rings is 1. The molecule has 1 atom stereocenters. The summed E-state index contributed by atoms with van der Waals surface area (Å²) in [4.78, 5) is 37.2. The van der Waals surface area contributed by atoms with Crippen molar-refractivity contribution < 1.29 is 27.5 Å². The van der Waals surface area contributed by atoms with Crippen molar-refractivity contribution >= 4 is 27.8 Å². The zero-order chi connectivity index (χ0) is 20.7. The van der Waals surface area contributed by atoms with Crippen molar-refractivity contribution in [3.63, 3.8) is 0 Å². The first kappa shape index (κ1) is 21.8. The lowest BCUT2D eigenvalue weighted by Gasteiger charge is -2.19. The summed E-state index contributed by atoms with van der Waals surface area (Å²) in [6.45, 7) is 1.62. The van der Waals surface area contributed by atoms with Crippen LogP contribution in [0.1, 0.15) is 44.2 Å². The number of nitrogens with one attached hydrogen (secondary N) is 1. The number of amides is 2. The number of nitrogens with two attached hydrogens (primary N) is 1. The van der Waals surface area contributed by atoms with Gasteiger partial charge in [0.15, 0.2) is 6.61 Å². The second-order valence-corrected chi connectivity index (χ2v) is 8.25. The highest BCUT2D eigenvalue weighted by atomic mass is 32.2. The van der Waals surface area contributed by atoms with Crippen molar-refractivity contribution in [3.8, 4) is 0 Å². The topological polar surface area (TPSA) is 136 Å². The number of primary sulfonamides is 1. The molecule has 1 fully saturated rings. The van der Waals surface area contributed by atoms with Gasteiger partial charge >= 0.3 is 5.97 Å². The molecule has 154 valence electrons. The second kappa shape index (κ2) is 9.65. The van der Waals surface area contributed by atoms with Gasteiger partial charge in [0, 0.05) is 13.0 Å². The fourth-order valence-electron chi connectivity index (χ4n) is 2.87. The van der Waals surface area contributed by atoms with Crippen LogP contribution in [0.4, 0.5) is 0 Å². The van der Waals surface area contributed by atoms with Gasteiger partial charge in [-0.3, -0.25) is 14.4 Å². The molecule has 0 unspecified atom stereocenters. The molecule has 1 aliphatic heterocycles. The summed E-state index contributed by atoms with van der Waals surface area (Å²) in [5.41, 5.74) is 0.669. The maximum atomic E-state index is 12.0. The summed E-state index contributed by atoms with van der Waals surface area (Å²) in [6, 6.07) is 5.37. The molecule has 0 radical (unpaired) electrons. The molecule has 1 aromatic carbocycles. The molecular formula is C18H25N3O6S. The second-order valence-electron chi connectivity index (χ2n) is 6.69. The molecular weight excluding hydrogens is 386 g/mol. The van der Waals surface area contributed by atoms with Crippen molar-refractivity contribution in [1.82, 2.24) is 10.2 Å². The minimum absolute atomic E-state index is 0.0215. The Labute approximate surface area is 164 Å². The SMILES string of the molecule is C[C@@H](NC(=O)COC(=O)CN1CCCCCC1=O)c1ccc(S(N)(=O)=O)cc1. The van der Waals surface area contributed by atoms with E-state index in [1.54, 1.807) is 19.1 Å². The first-order chi connectivity index (χ1) is 13.2. The van der Waals surface area contributed by atoms with Crippen molar-refractivity contribution in [2.24, 2.45) is 5.14 Å². The number of carbonyl (C=O) groups excluding carboxylic acids is 3. The largest absolute Gasteiger partial charge is 0.454 e. The Morgan fingerprint density at radius 2 is 1.89 bits per heavy atom. The monoisotopic (exact) mass is 411 g/mol. The Kier molecular flexibility index (Phi) is 7.53. The van der Waals surface area contributed by atoms with Crippen LogP contribution in [0.3, 0.4) is 0 Å². The number of hydrogen-bond acceptors (Lipinski definition) is 6. The van der Waals surface area contributed by atoms with Gasteiger partial charge in [-0.25, -0.2) is 13.6 Å². The standard InChI is InChI=1S/C18H25N3O6S/c1-13(14-6-8-15(9-7-14)28(19,25)26)20-16(22)12-27-18(24)11-21-10-4-2-3-5-17(21)23/h6-9,13H,2-5,10-12H2,1H3,(H,20,22)(H2,19,25,26)/t13-/m1/s1. The van der Waals surface area contributed by atoms with Gasteiger partial charge in [-0.1, -0.05) is 18.6 Å². The quantitative estimate of drug-likeness (QED) is 0.626. The molecule has 2 amide bonds. The van der Waals surface area contributed by atoms with Gasteiger partial charge in [0.05, 0.1) is 10.9 Å². The molecule has 0 spiro atoms. The van der Waals surface area contributed by atoms with Gasteiger partial charge in [0.2, 0.25) is 15.9 Å². The molecule has 0 aliphatic carbocycles. The van der Waals surface area contributed by atoms with Crippen molar-refractivity contribution in [2.75, 3.05) is 19.7 Å². The summed E-state index contributed by atoms with van der Waals surface area (Å²) in [5, 5.41) is 7.70. The average Bonchev–Trinajstić information content (AvgIpc) is 2.84. The van der Waals surface area contributed by atoms with Crippen LogP contribution in [0.2, 0.25) is 0 Å². The summed E-state index contributed by atoms with van der Waals surface area (Å²) < 4.78 is 27.5. The average molecular weight is 411 g/mol. The van der Waals surface area contributed by atoms with E-state index in [0.717, 1.165) is 19.3 Å². The fourth-order valence-corrected chi connectivity index (χ4v) is 3.38. The van der Waals surface area contributed by atoms with Crippen LogP contribution in [-0.4, -0.2) is 50.8 Å². The van der Waals surface area contributed by atoms with Crippen LogP contribution in [0.5, 0.6) is 0 Å². The minimum atomic E-state index is -3.78. The van der Waals surface area contributed by atoms with Crippen LogP contribution in [0.15, 0.2) is 29.2 Å². The molecule has 0 bridgehead atoms. The molecule has 0 saturated carbocycles. The van der Waals surface area contributed by atoms with Crippen LogP contribution < -0.4 is 10.5 Å². The zero-order valence-electron chi connectivity index (χ0n) is 15.7. The smallest absolute Gasteiger partial charge is 0.326 e. The lowest BCUT2D eigenvalue weighted by atomic mass is 10.1. The Bertz CT molecular complexity index is 822. The Morgan fingerprint density at radius 3 is 2.54 bits per heavy atom. The normalized spacial score (nSPS) is 16.2. The fraction of sp³-hybridized carbons (Fsp3) is 0.500. The molecule has 0 aromatic heterocycles. The summed E-state index contributed by atoms with van der Waals surface area (Å²) in [5.74, 6) is -1.20. The molecule has 2 rings (SSSR count). The molecule has 3 N–H and O–H groups in total. The van der Waals surface area contributed by atoms with E-state index in [4.69, 9.17) is 9.88 Å². The van der Waals surface area contributed by atoms with Crippen molar-refractivity contribution in [1.29, 1.82) is 0 Å². The van der Waals surface area contributed by atoms with Crippen LogP contribution >= 0.6 is 0 Å². The lowest BCUT2D eigenvalue weighted by molar-refractivity contribution is -0.152. The maximum Gasteiger partial charge on any atom is 0.326 e. The van der Waals surface area contributed by atoms with E-state index in [1.807, 2.05) is 0 Å². The molecule has 1 saturated heterocycles. The highest BCUT2D eigenvalue weighted by Crippen LogP contribution is 2.15. The molecule has 1 aliphatic rings. The van der Waals surface area contributed by atoms with E-state index < -0.39 is 34.5 Å². The first-order valence-corrected chi connectivity index (χ1v) is 10.6. The van der Waals surface area contributed by atoms with Gasteiger partial charge < -0.3 is 15.0 Å². The Balaban J connectivity index is 1.79. The third-order valence-electron chi connectivity index (χ3n) is 4.44. The minimum Gasteiger partial charge on any atom is -0.454 e. The molecule has 10 heteroatoms. The zero-order valence-corrected chi connectivity index (χ0v) is 16.5. The molecule has 1 aromatic rings. The van der Waals surface area contributed by atoms with E-state index in [9.17, 15) is 22.8 Å². The molecule has 1 heterocycles. The Hall–Kier alpha value is -2.46. The number of sulfonamides is 1. The summed E-state index contributed by atoms with van der Waals surface area (Å²) in [6.07, 6.45) is 3.05. The number of esters is 1. The summed E-state index contributed by atoms with van der Waals surface area (Å²) in [7, 11) is -3.78. The predicted molar refractivity (Wildman–Crippen MR) is 100 cm³/mol. The molecule has 28 heavy (non-hydrogen) atoms. The number of ether oxygens (including phenoxy) is 1. The molecule has 9 nitrogen and oxygen atoms in total. The van der Waals surface area contributed by atoms with Gasteiger partial charge in [0.1, 0.15) is 6.54 Å². The number of likely N-dealkylation sites (tertiary alicyclic amines) is 1. The third kappa shape index (κ3) is 6.61. The van der Waals surface area contributed by atoms with Gasteiger partial charge in [-0.05, 0) is 37.5 Å². The number of nitrogens with zero attached hydrogens (tertiary/aromatic N) is 1. The van der Waals surface area contributed by atoms with Gasteiger partial charge in [-0.15, -0.1) is 0 Å². The highest BCUT2D eigenvalue weighted by molar-refractivity contribution is 7.89. The van der Waals surface area contributed by atoms with Gasteiger partial charge in [-0.2, -0.15) is 0 Å². The predicted octanol–water partition coefficient (Wildman–Crippen LogP) is 0.457. The first-order valence-electron chi connectivity index (χ1n) is 9.02. The van der Waals surface area contributed by atoms with Gasteiger partial charge in [0.25, 0.3) is 5.91 Å². The van der Waals surface area contributed by atoms with Crippen LogP contribution in [0.25, 0.3) is 0 Å². The van der Waals surface area contributed by atoms with Crippen molar-refractivity contribution in [2.45, 2.75) is 43.5 Å². The van der Waals surface area contributed by atoms with E-state index in [0.29, 0.717) is 18.5 Å². The third-order valence-corrected chi connectivity index (χ3v) is 5.37. The number of carbonyl (C=O) groups is 3. The van der Waals surface area contributed by atoms with Crippen molar-refractivity contribution in [3.05, 3.63) is 29.8 Å². The maximum absolute atomic E-state index is 12.0. The number of rotatable bonds is 7. The van der Waals surface area contributed by atoms with Crippen LogP contribution in [-0.2, 0) is 29.1 Å². The number of hydrogen-bond donors (Lipinski definition) is 2. The van der Waals surface area contributed by atoms with E-state index >= 15 is 0 Å². The summed E-state index contributed by atoms with van der Waals surface area (Å²) >= 11 is 0. The lowest BCUT2D eigenvalue weighted by Crippen LogP contribution is -2.37. The Morgan fingerprint density at radius 1 is 1.21 bits per heavy atom. The van der Waals surface area contributed by atoms with E-state index in [2.05, 4.69) is 5.32 Å².